The smallest absolute Gasteiger partial charge is 0.238 e. The van der Waals surface area contributed by atoms with Crippen LogP contribution in [0.3, 0.4) is 0 Å². The average molecular weight is 325 g/mol. The molecule has 1 unspecified atom stereocenters. The molecular formula is C12H9BrN2O2S. The molecule has 0 saturated carbocycles. The molecular weight excluding hydrogens is 316 g/mol. The minimum absolute atomic E-state index is 0.169. The second-order valence-corrected chi connectivity index (χ2v) is 5.85. The number of hydrogen-bond acceptors (Lipinski definition) is 5. The summed E-state index contributed by atoms with van der Waals surface area (Å²) in [7, 11) is 0. The van der Waals surface area contributed by atoms with Gasteiger partial charge in [0.15, 0.2) is 5.78 Å². The van der Waals surface area contributed by atoms with Gasteiger partial charge in [-0.15, -0.1) is 0 Å². The van der Waals surface area contributed by atoms with E-state index in [1.54, 1.807) is 11.8 Å². The number of nitrogens with zero attached hydrogens (tertiary/aromatic N) is 2. The van der Waals surface area contributed by atoms with Gasteiger partial charge in [0.05, 0.1) is 5.75 Å². The molecule has 92 valence electrons. The third-order valence-electron chi connectivity index (χ3n) is 2.77. The van der Waals surface area contributed by atoms with Crippen LogP contribution in [-0.4, -0.2) is 27.4 Å². The Balaban J connectivity index is 1.95. The van der Waals surface area contributed by atoms with Crippen LogP contribution in [0.15, 0.2) is 33.3 Å². The van der Waals surface area contributed by atoms with Crippen LogP contribution in [0.2, 0.25) is 0 Å². The molecule has 0 amide bonds. The highest BCUT2D eigenvalue weighted by molar-refractivity contribution is 9.10. The number of aromatic nitrogens is 2. The summed E-state index contributed by atoms with van der Waals surface area (Å²) in [5, 5.41) is 3.95. The molecule has 1 aromatic carbocycles. The zero-order chi connectivity index (χ0) is 12.5. The van der Waals surface area contributed by atoms with E-state index >= 15 is 0 Å². The maximum Gasteiger partial charge on any atom is 0.238 e. The first-order valence-electron chi connectivity index (χ1n) is 5.44. The van der Waals surface area contributed by atoms with Gasteiger partial charge in [0.25, 0.3) is 0 Å². The van der Waals surface area contributed by atoms with E-state index in [-0.39, 0.29) is 11.7 Å². The molecule has 6 heteroatoms. The second-order valence-electron chi connectivity index (χ2n) is 3.97. The van der Waals surface area contributed by atoms with Crippen molar-refractivity contribution in [1.82, 2.24) is 10.1 Å². The summed E-state index contributed by atoms with van der Waals surface area (Å²) in [5.74, 6) is 2.15. The van der Waals surface area contributed by atoms with Crippen molar-refractivity contribution in [1.29, 1.82) is 0 Å². The van der Waals surface area contributed by atoms with Gasteiger partial charge in [0.2, 0.25) is 11.7 Å². The topological polar surface area (TPSA) is 56.0 Å². The van der Waals surface area contributed by atoms with Crippen molar-refractivity contribution in [2.75, 3.05) is 11.5 Å². The van der Waals surface area contributed by atoms with Crippen LogP contribution in [-0.2, 0) is 4.79 Å². The van der Waals surface area contributed by atoms with Crippen molar-refractivity contribution in [2.24, 2.45) is 0 Å². The molecule has 0 bridgehead atoms. The Kier molecular flexibility index (Phi) is 3.22. The fourth-order valence-electron chi connectivity index (χ4n) is 1.81. The zero-order valence-electron chi connectivity index (χ0n) is 9.30. The van der Waals surface area contributed by atoms with Gasteiger partial charge in [-0.1, -0.05) is 33.2 Å². The Morgan fingerprint density at radius 3 is 2.94 bits per heavy atom. The van der Waals surface area contributed by atoms with Crippen LogP contribution in [0.4, 0.5) is 0 Å². The molecule has 1 saturated heterocycles. The first kappa shape index (κ1) is 11.9. The van der Waals surface area contributed by atoms with Crippen molar-refractivity contribution in [3.8, 4) is 11.4 Å². The molecule has 1 aliphatic rings. The molecule has 0 N–H and O–H groups in total. The molecule has 3 rings (SSSR count). The Hall–Kier alpha value is -1.14. The van der Waals surface area contributed by atoms with E-state index in [2.05, 4.69) is 26.1 Å². The van der Waals surface area contributed by atoms with Crippen LogP contribution in [0.25, 0.3) is 11.4 Å². The predicted octanol–water partition coefficient (Wildman–Crippen LogP) is 2.90. The predicted molar refractivity (Wildman–Crippen MR) is 72.5 cm³/mol. The lowest BCUT2D eigenvalue weighted by Crippen LogP contribution is -2.09. The number of ketones is 1. The molecule has 0 radical (unpaired) electrons. The SMILES string of the molecule is O=C1CSCC1c1nc(-c2ccccc2Br)no1. The summed E-state index contributed by atoms with van der Waals surface area (Å²) in [6, 6.07) is 7.66. The first-order valence-corrected chi connectivity index (χ1v) is 7.39. The first-order chi connectivity index (χ1) is 8.75. The molecule has 0 spiro atoms. The van der Waals surface area contributed by atoms with Crippen molar-refractivity contribution in [2.45, 2.75) is 5.92 Å². The monoisotopic (exact) mass is 324 g/mol. The van der Waals surface area contributed by atoms with Gasteiger partial charge >= 0.3 is 0 Å². The van der Waals surface area contributed by atoms with Gasteiger partial charge in [0.1, 0.15) is 5.92 Å². The molecule has 2 heterocycles. The Morgan fingerprint density at radius 2 is 2.22 bits per heavy atom. The van der Waals surface area contributed by atoms with Crippen molar-refractivity contribution in [3.05, 3.63) is 34.6 Å². The molecule has 1 aromatic heterocycles. The minimum atomic E-state index is -0.237. The summed E-state index contributed by atoms with van der Waals surface area (Å²) < 4.78 is 6.12. The van der Waals surface area contributed by atoms with Crippen LogP contribution in [0, 0.1) is 0 Å². The van der Waals surface area contributed by atoms with Gasteiger partial charge in [-0.3, -0.25) is 4.79 Å². The lowest BCUT2D eigenvalue weighted by molar-refractivity contribution is -0.117. The number of hydrogen-bond donors (Lipinski definition) is 0. The van der Waals surface area contributed by atoms with Crippen molar-refractivity contribution in [3.63, 3.8) is 0 Å². The van der Waals surface area contributed by atoms with E-state index in [0.717, 1.165) is 15.8 Å². The molecule has 2 aromatic rings. The van der Waals surface area contributed by atoms with Crippen LogP contribution in [0.1, 0.15) is 11.8 Å². The Morgan fingerprint density at radius 1 is 1.39 bits per heavy atom. The molecule has 1 atom stereocenters. The van der Waals surface area contributed by atoms with E-state index in [0.29, 0.717) is 17.5 Å². The van der Waals surface area contributed by atoms with E-state index < -0.39 is 0 Å². The largest absolute Gasteiger partial charge is 0.338 e. The highest BCUT2D eigenvalue weighted by Gasteiger charge is 2.31. The summed E-state index contributed by atoms with van der Waals surface area (Å²) in [5.41, 5.74) is 0.866. The number of rotatable bonds is 2. The van der Waals surface area contributed by atoms with Gasteiger partial charge < -0.3 is 4.52 Å². The minimum Gasteiger partial charge on any atom is -0.338 e. The molecule has 1 fully saturated rings. The number of thioether (sulfide) groups is 1. The standard InChI is InChI=1S/C12H9BrN2O2S/c13-9-4-2-1-3-7(9)11-14-12(17-15-11)8-5-18-6-10(8)16/h1-4,8H,5-6H2. The molecule has 1 aliphatic heterocycles. The van der Waals surface area contributed by atoms with Gasteiger partial charge in [-0.2, -0.15) is 16.7 Å². The fraction of sp³-hybridized carbons (Fsp3) is 0.250. The molecule has 4 nitrogen and oxygen atoms in total. The number of carbonyl (C=O) groups is 1. The number of benzene rings is 1. The third-order valence-corrected chi connectivity index (χ3v) is 4.52. The quantitative estimate of drug-likeness (QED) is 0.850. The maximum absolute atomic E-state index is 11.6. The Labute approximate surface area is 116 Å². The number of halogens is 1. The van der Waals surface area contributed by atoms with Crippen LogP contribution >= 0.6 is 27.7 Å². The summed E-state index contributed by atoms with van der Waals surface area (Å²) in [6.45, 7) is 0. The highest BCUT2D eigenvalue weighted by atomic mass is 79.9. The van der Waals surface area contributed by atoms with Gasteiger partial charge in [0, 0.05) is 15.8 Å². The summed E-state index contributed by atoms with van der Waals surface area (Å²) >= 11 is 5.05. The van der Waals surface area contributed by atoms with Gasteiger partial charge in [-0.05, 0) is 12.1 Å². The lowest BCUT2D eigenvalue weighted by atomic mass is 10.1. The average Bonchev–Trinajstić information content (AvgIpc) is 2.98. The van der Waals surface area contributed by atoms with Crippen LogP contribution < -0.4 is 0 Å². The highest BCUT2D eigenvalue weighted by Crippen LogP contribution is 2.31. The maximum atomic E-state index is 11.6. The number of carbonyl (C=O) groups excluding carboxylic acids is 1. The summed E-state index contributed by atoms with van der Waals surface area (Å²) in [6.07, 6.45) is 0. The van der Waals surface area contributed by atoms with Crippen molar-refractivity contribution >= 4 is 33.5 Å². The molecule has 0 aliphatic carbocycles. The van der Waals surface area contributed by atoms with Gasteiger partial charge in [-0.25, -0.2) is 0 Å². The fourth-order valence-corrected chi connectivity index (χ4v) is 3.36. The summed E-state index contributed by atoms with van der Waals surface area (Å²) in [4.78, 5) is 16.0. The zero-order valence-corrected chi connectivity index (χ0v) is 11.7. The van der Waals surface area contributed by atoms with E-state index in [1.165, 1.54) is 0 Å². The third kappa shape index (κ3) is 2.10. The van der Waals surface area contributed by atoms with Crippen LogP contribution in [0.5, 0.6) is 0 Å². The lowest BCUT2D eigenvalue weighted by Gasteiger charge is -1.98. The molecule has 18 heavy (non-hydrogen) atoms. The number of Topliss-reactive ketones (excluding diaryl/α,β-unsaturated/α-hetero) is 1. The van der Waals surface area contributed by atoms with E-state index in [4.69, 9.17) is 4.52 Å². The van der Waals surface area contributed by atoms with E-state index in [1.807, 2.05) is 24.3 Å². The van der Waals surface area contributed by atoms with Crippen molar-refractivity contribution < 1.29 is 9.32 Å². The Bertz CT molecular complexity index is 599. The van der Waals surface area contributed by atoms with E-state index in [9.17, 15) is 4.79 Å². The second kappa shape index (κ2) is 4.85. The normalized spacial score (nSPS) is 19.4.